The van der Waals surface area contributed by atoms with Gasteiger partial charge in [-0.05, 0) is 25.0 Å². The smallest absolute Gasteiger partial charge is 0.191 e. The van der Waals surface area contributed by atoms with Gasteiger partial charge in [0.2, 0.25) is 0 Å². The standard InChI is InChI=1S/C13H22N4S/c1-14-11-8-12(16-13(15-11)18-3)17(2)9-10-6-4-5-7-10/h8,10H,4-7,9H2,1-3H3,(H,14,15,16). The summed E-state index contributed by atoms with van der Waals surface area (Å²) in [4.78, 5) is 11.2. The summed E-state index contributed by atoms with van der Waals surface area (Å²) in [5.41, 5.74) is 0. The number of hydrogen-bond donors (Lipinski definition) is 1. The van der Waals surface area contributed by atoms with Gasteiger partial charge in [0.15, 0.2) is 5.16 Å². The largest absolute Gasteiger partial charge is 0.373 e. The predicted molar refractivity (Wildman–Crippen MR) is 78.6 cm³/mol. The third-order valence-corrected chi connectivity index (χ3v) is 4.08. The van der Waals surface area contributed by atoms with E-state index in [2.05, 4.69) is 27.2 Å². The average molecular weight is 266 g/mol. The van der Waals surface area contributed by atoms with E-state index in [1.165, 1.54) is 25.7 Å². The molecule has 1 saturated carbocycles. The maximum atomic E-state index is 4.58. The number of hydrogen-bond acceptors (Lipinski definition) is 5. The Labute approximate surface area is 114 Å². The maximum absolute atomic E-state index is 4.58. The van der Waals surface area contributed by atoms with Gasteiger partial charge < -0.3 is 10.2 Å². The minimum absolute atomic E-state index is 0.829. The van der Waals surface area contributed by atoms with Crippen LogP contribution < -0.4 is 10.2 Å². The first kappa shape index (κ1) is 13.5. The molecule has 1 N–H and O–H groups in total. The quantitative estimate of drug-likeness (QED) is 0.655. The van der Waals surface area contributed by atoms with E-state index in [9.17, 15) is 0 Å². The van der Waals surface area contributed by atoms with Gasteiger partial charge >= 0.3 is 0 Å². The summed E-state index contributed by atoms with van der Waals surface area (Å²) >= 11 is 1.58. The molecule has 18 heavy (non-hydrogen) atoms. The first-order valence-corrected chi connectivity index (χ1v) is 7.77. The van der Waals surface area contributed by atoms with Crippen molar-refractivity contribution in [3.8, 4) is 0 Å². The molecule has 2 rings (SSSR count). The summed E-state index contributed by atoms with van der Waals surface area (Å²) < 4.78 is 0. The highest BCUT2D eigenvalue weighted by molar-refractivity contribution is 7.98. The molecule has 1 fully saturated rings. The third-order valence-electron chi connectivity index (χ3n) is 3.53. The van der Waals surface area contributed by atoms with E-state index in [0.717, 1.165) is 29.3 Å². The Bertz CT molecular complexity index is 368. The molecule has 100 valence electrons. The highest BCUT2D eigenvalue weighted by Crippen LogP contribution is 2.27. The molecule has 0 saturated heterocycles. The third kappa shape index (κ3) is 3.28. The Morgan fingerprint density at radius 2 is 2.11 bits per heavy atom. The SMILES string of the molecule is CNc1cc(N(C)CC2CCCC2)nc(SC)n1. The van der Waals surface area contributed by atoms with Crippen LogP contribution in [-0.4, -0.2) is 36.9 Å². The van der Waals surface area contributed by atoms with Crippen LogP contribution in [0.1, 0.15) is 25.7 Å². The minimum Gasteiger partial charge on any atom is -0.373 e. The van der Waals surface area contributed by atoms with Gasteiger partial charge in [0, 0.05) is 26.7 Å². The lowest BCUT2D eigenvalue weighted by molar-refractivity contribution is 0.544. The van der Waals surface area contributed by atoms with Gasteiger partial charge in [-0.3, -0.25) is 0 Å². The molecule has 5 heteroatoms. The molecule has 0 amide bonds. The summed E-state index contributed by atoms with van der Waals surface area (Å²) in [6, 6.07) is 2.02. The van der Waals surface area contributed by atoms with Gasteiger partial charge in [0.05, 0.1) is 0 Å². The van der Waals surface area contributed by atoms with Crippen molar-refractivity contribution in [3.05, 3.63) is 6.07 Å². The summed E-state index contributed by atoms with van der Waals surface area (Å²) in [6.07, 6.45) is 7.52. The molecule has 1 heterocycles. The highest BCUT2D eigenvalue weighted by Gasteiger charge is 2.18. The van der Waals surface area contributed by atoms with Crippen LogP contribution in [0.15, 0.2) is 11.2 Å². The molecule has 0 radical (unpaired) electrons. The summed E-state index contributed by atoms with van der Waals surface area (Å²) in [7, 11) is 4.03. The molecule has 1 aromatic heterocycles. The number of nitrogens with zero attached hydrogens (tertiary/aromatic N) is 3. The van der Waals surface area contributed by atoms with Crippen molar-refractivity contribution in [2.24, 2.45) is 5.92 Å². The van der Waals surface area contributed by atoms with E-state index >= 15 is 0 Å². The fourth-order valence-electron chi connectivity index (χ4n) is 2.50. The first-order valence-electron chi connectivity index (χ1n) is 6.55. The van der Waals surface area contributed by atoms with Crippen molar-refractivity contribution in [1.29, 1.82) is 0 Å². The van der Waals surface area contributed by atoms with Gasteiger partial charge in [-0.2, -0.15) is 0 Å². The zero-order chi connectivity index (χ0) is 13.0. The fourth-order valence-corrected chi connectivity index (χ4v) is 2.88. The molecule has 0 aromatic carbocycles. The molecule has 0 unspecified atom stereocenters. The van der Waals surface area contributed by atoms with Crippen LogP contribution in [0.4, 0.5) is 11.6 Å². The lowest BCUT2D eigenvalue weighted by Gasteiger charge is -2.22. The molecule has 1 aliphatic carbocycles. The second-order valence-corrected chi connectivity index (χ2v) is 5.65. The van der Waals surface area contributed by atoms with Crippen molar-refractivity contribution in [3.63, 3.8) is 0 Å². The zero-order valence-electron chi connectivity index (χ0n) is 11.4. The Balaban J connectivity index is 2.09. The fraction of sp³-hybridized carbons (Fsp3) is 0.692. The topological polar surface area (TPSA) is 41.0 Å². The first-order chi connectivity index (χ1) is 8.72. The average Bonchev–Trinajstić information content (AvgIpc) is 2.90. The lowest BCUT2D eigenvalue weighted by atomic mass is 10.1. The predicted octanol–water partition coefficient (Wildman–Crippen LogP) is 2.87. The zero-order valence-corrected chi connectivity index (χ0v) is 12.3. The van der Waals surface area contributed by atoms with Crippen LogP contribution in [0.3, 0.4) is 0 Å². The van der Waals surface area contributed by atoms with E-state index in [1.54, 1.807) is 11.8 Å². The summed E-state index contributed by atoms with van der Waals surface area (Å²) in [6.45, 7) is 1.11. The van der Waals surface area contributed by atoms with Gasteiger partial charge in [-0.1, -0.05) is 24.6 Å². The number of rotatable bonds is 5. The molecule has 0 atom stereocenters. The number of nitrogens with one attached hydrogen (secondary N) is 1. The van der Waals surface area contributed by atoms with E-state index in [4.69, 9.17) is 0 Å². The summed E-state index contributed by atoms with van der Waals surface area (Å²) in [5.74, 6) is 2.74. The van der Waals surface area contributed by atoms with Crippen LogP contribution in [0.5, 0.6) is 0 Å². The molecule has 0 aliphatic heterocycles. The Kier molecular flexibility index (Phi) is 4.69. The van der Waals surface area contributed by atoms with E-state index < -0.39 is 0 Å². The summed E-state index contributed by atoms with van der Waals surface area (Å²) in [5, 5.41) is 3.93. The van der Waals surface area contributed by atoms with Gasteiger partial charge in [-0.15, -0.1) is 0 Å². The van der Waals surface area contributed by atoms with Crippen molar-refractivity contribution in [2.75, 3.05) is 37.1 Å². The van der Waals surface area contributed by atoms with Gasteiger partial charge in [-0.25, -0.2) is 9.97 Å². The van der Waals surface area contributed by atoms with Crippen LogP contribution in [-0.2, 0) is 0 Å². The Hall–Kier alpha value is -0.970. The molecule has 4 nitrogen and oxygen atoms in total. The van der Waals surface area contributed by atoms with Crippen LogP contribution >= 0.6 is 11.8 Å². The molecule has 1 aromatic rings. The van der Waals surface area contributed by atoms with Crippen molar-refractivity contribution < 1.29 is 0 Å². The van der Waals surface area contributed by atoms with Crippen molar-refractivity contribution in [1.82, 2.24) is 9.97 Å². The maximum Gasteiger partial charge on any atom is 0.191 e. The van der Waals surface area contributed by atoms with Crippen LogP contribution in [0, 0.1) is 5.92 Å². The molecule has 0 bridgehead atoms. The van der Waals surface area contributed by atoms with Crippen LogP contribution in [0.25, 0.3) is 0 Å². The van der Waals surface area contributed by atoms with Crippen molar-refractivity contribution >= 4 is 23.4 Å². The van der Waals surface area contributed by atoms with E-state index in [0.29, 0.717) is 0 Å². The molecular weight excluding hydrogens is 244 g/mol. The Morgan fingerprint density at radius 3 is 2.72 bits per heavy atom. The molecule has 1 aliphatic rings. The Morgan fingerprint density at radius 1 is 1.39 bits per heavy atom. The van der Waals surface area contributed by atoms with Crippen molar-refractivity contribution in [2.45, 2.75) is 30.8 Å². The van der Waals surface area contributed by atoms with Gasteiger partial charge in [0.25, 0.3) is 0 Å². The number of thioether (sulfide) groups is 1. The monoisotopic (exact) mass is 266 g/mol. The number of anilines is 2. The second-order valence-electron chi connectivity index (χ2n) is 4.88. The molecular formula is C13H22N4S. The molecule has 0 spiro atoms. The lowest BCUT2D eigenvalue weighted by Crippen LogP contribution is -2.25. The minimum atomic E-state index is 0.829. The number of aromatic nitrogens is 2. The normalized spacial score (nSPS) is 15.9. The second kappa shape index (κ2) is 6.27. The van der Waals surface area contributed by atoms with E-state index in [-0.39, 0.29) is 0 Å². The van der Waals surface area contributed by atoms with Crippen LogP contribution in [0.2, 0.25) is 0 Å². The van der Waals surface area contributed by atoms with Gasteiger partial charge in [0.1, 0.15) is 11.6 Å². The van der Waals surface area contributed by atoms with E-state index in [1.807, 2.05) is 19.4 Å². The highest BCUT2D eigenvalue weighted by atomic mass is 32.2.